The lowest BCUT2D eigenvalue weighted by molar-refractivity contribution is 0.894. The zero-order valence-electron chi connectivity index (χ0n) is 7.75. The summed E-state index contributed by atoms with van der Waals surface area (Å²) in [5.74, 6) is 1.07. The predicted octanol–water partition coefficient (Wildman–Crippen LogP) is 2.30. The first-order valence-corrected chi connectivity index (χ1v) is 4.96. The molecule has 0 bridgehead atoms. The molecule has 2 aromatic rings. The highest BCUT2D eigenvalue weighted by molar-refractivity contribution is 6.34. The van der Waals surface area contributed by atoms with Crippen LogP contribution in [0.2, 0.25) is 10.3 Å². The molecule has 74 valence electrons. The molecule has 0 fully saturated rings. The van der Waals surface area contributed by atoms with Crippen LogP contribution in [0, 0.1) is 6.92 Å². The van der Waals surface area contributed by atoms with E-state index in [1.807, 2.05) is 6.92 Å². The second-order valence-corrected chi connectivity index (χ2v) is 3.61. The topological polar surface area (TPSA) is 43.1 Å². The van der Waals surface area contributed by atoms with Crippen molar-refractivity contribution in [3.8, 4) is 0 Å². The molecular formula is C8H8Cl2N4. The van der Waals surface area contributed by atoms with Crippen molar-refractivity contribution in [1.82, 2.24) is 19.6 Å². The maximum atomic E-state index is 6.10. The molecular weight excluding hydrogens is 223 g/mol. The van der Waals surface area contributed by atoms with Crippen LogP contribution in [0.5, 0.6) is 0 Å². The van der Waals surface area contributed by atoms with E-state index in [-0.39, 0.29) is 0 Å². The molecule has 0 aliphatic rings. The van der Waals surface area contributed by atoms with E-state index in [9.17, 15) is 0 Å². The van der Waals surface area contributed by atoms with Gasteiger partial charge in [0, 0.05) is 5.56 Å². The minimum absolute atomic E-state index is 0.400. The summed E-state index contributed by atoms with van der Waals surface area (Å²) in [6.07, 6.45) is 0.722. The quantitative estimate of drug-likeness (QED) is 0.707. The molecule has 4 nitrogen and oxygen atoms in total. The maximum absolute atomic E-state index is 6.10. The summed E-state index contributed by atoms with van der Waals surface area (Å²) in [4.78, 5) is 8.18. The number of fused-ring (bicyclic) bond motifs is 1. The summed E-state index contributed by atoms with van der Waals surface area (Å²) in [5.41, 5.74) is 0.797. The number of nitrogens with zero attached hydrogens (tertiary/aromatic N) is 4. The monoisotopic (exact) mass is 230 g/mol. The van der Waals surface area contributed by atoms with E-state index in [0.29, 0.717) is 21.9 Å². The van der Waals surface area contributed by atoms with Crippen molar-refractivity contribution < 1.29 is 0 Å². The Labute approximate surface area is 90.9 Å². The van der Waals surface area contributed by atoms with Crippen molar-refractivity contribution in [2.75, 3.05) is 0 Å². The normalized spacial score (nSPS) is 11.1. The van der Waals surface area contributed by atoms with Crippen molar-refractivity contribution in [2.24, 2.45) is 0 Å². The van der Waals surface area contributed by atoms with E-state index in [2.05, 4.69) is 15.1 Å². The third-order valence-corrected chi connectivity index (χ3v) is 2.63. The van der Waals surface area contributed by atoms with Gasteiger partial charge in [0.25, 0.3) is 5.78 Å². The smallest absolute Gasteiger partial charge is 0.199 e. The van der Waals surface area contributed by atoms with Gasteiger partial charge in [0.1, 0.15) is 16.1 Å². The Balaban J connectivity index is 2.84. The van der Waals surface area contributed by atoms with Crippen LogP contribution < -0.4 is 0 Å². The Bertz CT molecular complexity index is 492. The Morgan fingerprint density at radius 1 is 1.29 bits per heavy atom. The molecule has 0 amide bonds. The van der Waals surface area contributed by atoms with Gasteiger partial charge in [-0.2, -0.15) is 14.5 Å². The van der Waals surface area contributed by atoms with E-state index in [1.54, 1.807) is 6.92 Å². The lowest BCUT2D eigenvalue weighted by Crippen LogP contribution is -1.99. The van der Waals surface area contributed by atoms with Gasteiger partial charge in [-0.05, 0) is 13.3 Å². The van der Waals surface area contributed by atoms with E-state index >= 15 is 0 Å². The molecule has 0 N–H and O–H groups in total. The van der Waals surface area contributed by atoms with Gasteiger partial charge in [-0.1, -0.05) is 30.1 Å². The first kappa shape index (κ1) is 9.68. The van der Waals surface area contributed by atoms with Crippen LogP contribution in [-0.4, -0.2) is 19.6 Å². The van der Waals surface area contributed by atoms with Gasteiger partial charge in [0.15, 0.2) is 0 Å². The molecule has 0 radical (unpaired) electrons. The zero-order valence-corrected chi connectivity index (χ0v) is 9.26. The Kier molecular flexibility index (Phi) is 2.33. The van der Waals surface area contributed by atoms with Crippen LogP contribution in [0.3, 0.4) is 0 Å². The lowest BCUT2D eigenvalue weighted by Gasteiger charge is -2.03. The number of hydrogen-bond donors (Lipinski definition) is 0. The highest BCUT2D eigenvalue weighted by Crippen LogP contribution is 2.23. The van der Waals surface area contributed by atoms with Gasteiger partial charge in [-0.3, -0.25) is 0 Å². The van der Waals surface area contributed by atoms with E-state index < -0.39 is 0 Å². The van der Waals surface area contributed by atoms with Crippen molar-refractivity contribution in [1.29, 1.82) is 0 Å². The molecule has 0 spiro atoms. The Morgan fingerprint density at radius 2 is 2.00 bits per heavy atom. The molecule has 2 aromatic heterocycles. The number of halogens is 2. The number of hydrogen-bond acceptors (Lipinski definition) is 3. The number of aromatic nitrogens is 4. The lowest BCUT2D eigenvalue weighted by atomic mass is 10.3. The third-order valence-electron chi connectivity index (χ3n) is 1.93. The predicted molar refractivity (Wildman–Crippen MR) is 54.9 cm³/mol. The first-order chi connectivity index (χ1) is 6.63. The van der Waals surface area contributed by atoms with E-state index in [1.165, 1.54) is 4.52 Å². The summed E-state index contributed by atoms with van der Waals surface area (Å²) in [6, 6.07) is 0. The fourth-order valence-corrected chi connectivity index (χ4v) is 1.95. The van der Waals surface area contributed by atoms with Crippen LogP contribution >= 0.6 is 23.2 Å². The summed E-state index contributed by atoms with van der Waals surface area (Å²) in [5, 5.41) is 5.00. The molecule has 0 atom stereocenters. The second-order valence-electron chi connectivity index (χ2n) is 2.90. The molecule has 2 heterocycles. The average Bonchev–Trinajstić information content (AvgIpc) is 2.47. The molecule has 0 aromatic carbocycles. The van der Waals surface area contributed by atoms with Gasteiger partial charge in [0.2, 0.25) is 0 Å². The first-order valence-electron chi connectivity index (χ1n) is 4.20. The van der Waals surface area contributed by atoms with Crippen LogP contribution in [0.15, 0.2) is 0 Å². The number of rotatable bonds is 1. The number of aryl methyl sites for hydroxylation is 1. The fraction of sp³-hybridized carbons (Fsp3) is 0.375. The van der Waals surface area contributed by atoms with E-state index in [4.69, 9.17) is 23.2 Å². The summed E-state index contributed by atoms with van der Waals surface area (Å²) >= 11 is 12.0. The van der Waals surface area contributed by atoms with Crippen molar-refractivity contribution >= 4 is 29.0 Å². The molecule has 6 heteroatoms. The van der Waals surface area contributed by atoms with Crippen molar-refractivity contribution in [2.45, 2.75) is 20.3 Å². The zero-order chi connectivity index (χ0) is 10.3. The molecule has 0 saturated carbocycles. The van der Waals surface area contributed by atoms with Crippen LogP contribution in [0.25, 0.3) is 5.78 Å². The van der Waals surface area contributed by atoms with Gasteiger partial charge in [-0.15, -0.1) is 5.10 Å². The molecule has 0 unspecified atom stereocenters. The fourth-order valence-electron chi connectivity index (χ4n) is 1.27. The van der Waals surface area contributed by atoms with Crippen molar-refractivity contribution in [3.63, 3.8) is 0 Å². The van der Waals surface area contributed by atoms with Gasteiger partial charge < -0.3 is 0 Å². The Morgan fingerprint density at radius 3 is 2.64 bits per heavy atom. The largest absolute Gasteiger partial charge is 0.255 e. The highest BCUT2D eigenvalue weighted by Gasteiger charge is 2.12. The van der Waals surface area contributed by atoms with E-state index in [0.717, 1.165) is 12.0 Å². The molecule has 14 heavy (non-hydrogen) atoms. The molecule has 2 rings (SSSR count). The minimum Gasteiger partial charge on any atom is -0.199 e. The highest BCUT2D eigenvalue weighted by atomic mass is 35.5. The van der Waals surface area contributed by atoms with Gasteiger partial charge in [-0.25, -0.2) is 0 Å². The summed E-state index contributed by atoms with van der Waals surface area (Å²) in [7, 11) is 0. The summed E-state index contributed by atoms with van der Waals surface area (Å²) in [6.45, 7) is 3.74. The maximum Gasteiger partial charge on any atom is 0.255 e. The van der Waals surface area contributed by atoms with Gasteiger partial charge >= 0.3 is 0 Å². The third kappa shape index (κ3) is 1.35. The molecule has 0 aliphatic carbocycles. The van der Waals surface area contributed by atoms with Crippen LogP contribution in [0.4, 0.5) is 0 Å². The SMILES string of the molecule is CCc1c(Cl)nc2nc(C)nn2c1Cl. The minimum atomic E-state index is 0.400. The van der Waals surface area contributed by atoms with Crippen LogP contribution in [0.1, 0.15) is 18.3 Å². The summed E-state index contributed by atoms with van der Waals surface area (Å²) < 4.78 is 1.50. The average molecular weight is 231 g/mol. The second kappa shape index (κ2) is 3.37. The molecule has 0 saturated heterocycles. The standard InChI is InChI=1S/C8H8Cl2N4/c1-3-5-6(9)12-8-11-4(2)13-14(8)7(5)10/h3H2,1-2H3. The van der Waals surface area contributed by atoms with Crippen LogP contribution in [-0.2, 0) is 6.42 Å². The van der Waals surface area contributed by atoms with Gasteiger partial charge in [0.05, 0.1) is 0 Å². The van der Waals surface area contributed by atoms with Crippen molar-refractivity contribution in [3.05, 3.63) is 21.7 Å². The molecule has 0 aliphatic heterocycles. The Hall–Kier alpha value is -0.870.